The van der Waals surface area contributed by atoms with E-state index in [1.165, 1.54) is 10.9 Å². The number of hydrogen-bond acceptors (Lipinski definition) is 3. The average Bonchev–Trinajstić information content (AvgIpc) is 3.51. The largest absolute Gasteiger partial charge is 0.496 e. The van der Waals surface area contributed by atoms with Gasteiger partial charge >= 0.3 is 0 Å². The molecule has 25 heavy (non-hydrogen) atoms. The van der Waals surface area contributed by atoms with Gasteiger partial charge in [-0.2, -0.15) is 0 Å². The summed E-state index contributed by atoms with van der Waals surface area (Å²) in [6.07, 6.45) is 4.29. The first-order chi connectivity index (χ1) is 12.3. The fourth-order valence-electron chi connectivity index (χ4n) is 3.81. The number of fused-ring (bicyclic) bond motifs is 1. The molecule has 1 heterocycles. The Bertz CT molecular complexity index is 762. The molecule has 4 rings (SSSR count). The van der Waals surface area contributed by atoms with Crippen molar-refractivity contribution < 1.29 is 9.53 Å². The summed E-state index contributed by atoms with van der Waals surface area (Å²) in [4.78, 5) is 14.2. The van der Waals surface area contributed by atoms with Crippen molar-refractivity contribution in [2.75, 3.05) is 20.2 Å². The van der Waals surface area contributed by atoms with E-state index < -0.39 is 0 Å². The van der Waals surface area contributed by atoms with Gasteiger partial charge in [0.15, 0.2) is 0 Å². The lowest BCUT2D eigenvalue weighted by Crippen LogP contribution is -2.45. The van der Waals surface area contributed by atoms with Crippen LogP contribution in [0.1, 0.15) is 31.2 Å². The Labute approximate surface area is 149 Å². The number of ether oxygens (including phenoxy) is 1. The second kappa shape index (κ2) is 7.04. The zero-order valence-electron chi connectivity index (χ0n) is 14.8. The van der Waals surface area contributed by atoms with Crippen molar-refractivity contribution in [3.8, 4) is 5.75 Å². The maximum atomic E-state index is 12.1. The van der Waals surface area contributed by atoms with Crippen molar-refractivity contribution >= 4 is 16.7 Å². The number of nitrogens with one attached hydrogen (secondary N) is 1. The zero-order valence-corrected chi connectivity index (χ0v) is 14.8. The van der Waals surface area contributed by atoms with Crippen molar-refractivity contribution in [1.82, 2.24) is 10.2 Å². The second-order valence-electron chi connectivity index (χ2n) is 7.23. The van der Waals surface area contributed by atoms with Crippen molar-refractivity contribution in [2.45, 2.75) is 38.3 Å². The molecule has 2 aromatic carbocycles. The molecule has 1 N–H and O–H groups in total. The number of methoxy groups -OCH3 is 1. The van der Waals surface area contributed by atoms with Gasteiger partial charge in [-0.25, -0.2) is 0 Å². The predicted octanol–water partition coefficient (Wildman–Crippen LogP) is 3.34. The molecule has 1 amide bonds. The molecule has 0 bridgehead atoms. The van der Waals surface area contributed by atoms with E-state index in [4.69, 9.17) is 4.74 Å². The summed E-state index contributed by atoms with van der Waals surface area (Å²) in [5.41, 5.74) is 1.30. The molecule has 1 aliphatic carbocycles. The van der Waals surface area contributed by atoms with Gasteiger partial charge in [-0.3, -0.25) is 4.79 Å². The highest BCUT2D eigenvalue weighted by molar-refractivity contribution is 5.91. The third-order valence-corrected chi connectivity index (χ3v) is 5.51. The molecule has 132 valence electrons. The number of carbonyl (C=O) groups excluding carboxylic acids is 1. The molecule has 0 unspecified atom stereocenters. The van der Waals surface area contributed by atoms with Gasteiger partial charge in [0.25, 0.3) is 0 Å². The van der Waals surface area contributed by atoms with Gasteiger partial charge in [0.2, 0.25) is 5.91 Å². The number of nitrogens with zero attached hydrogens (tertiary/aromatic N) is 1. The molecule has 0 atom stereocenters. The normalized spacial score (nSPS) is 18.5. The Morgan fingerprint density at radius 3 is 2.48 bits per heavy atom. The van der Waals surface area contributed by atoms with E-state index in [2.05, 4.69) is 46.6 Å². The molecule has 2 aromatic rings. The van der Waals surface area contributed by atoms with Crippen LogP contribution in [0.5, 0.6) is 5.75 Å². The predicted molar refractivity (Wildman–Crippen MR) is 99.7 cm³/mol. The standard InChI is InChI=1S/C21H26N2O2/c1-25-20-9-8-16(18-4-2-3-5-19(18)20)14-22-17-10-12-23(13-11-17)21(24)15-6-7-15/h2-5,8-9,15,17,22H,6-7,10-14H2,1H3. The number of benzene rings is 2. The van der Waals surface area contributed by atoms with Crippen LogP contribution >= 0.6 is 0 Å². The van der Waals surface area contributed by atoms with Gasteiger partial charge in [0.05, 0.1) is 7.11 Å². The monoisotopic (exact) mass is 338 g/mol. The molecular formula is C21H26N2O2. The molecule has 0 aromatic heterocycles. The van der Waals surface area contributed by atoms with E-state index in [0.717, 1.165) is 56.5 Å². The molecule has 4 nitrogen and oxygen atoms in total. The highest BCUT2D eigenvalue weighted by Gasteiger charge is 2.34. The summed E-state index contributed by atoms with van der Waals surface area (Å²) in [5, 5.41) is 6.10. The van der Waals surface area contributed by atoms with Crippen LogP contribution in [-0.4, -0.2) is 37.0 Å². The van der Waals surface area contributed by atoms with Gasteiger partial charge in [-0.1, -0.05) is 30.3 Å². The van der Waals surface area contributed by atoms with Crippen LogP contribution in [-0.2, 0) is 11.3 Å². The third kappa shape index (κ3) is 3.49. The molecule has 1 saturated heterocycles. The quantitative estimate of drug-likeness (QED) is 0.909. The van der Waals surface area contributed by atoms with Crippen LogP contribution in [0.2, 0.25) is 0 Å². The minimum absolute atomic E-state index is 0.343. The highest BCUT2D eigenvalue weighted by Crippen LogP contribution is 2.32. The number of likely N-dealkylation sites (tertiary alicyclic amines) is 1. The van der Waals surface area contributed by atoms with Crippen LogP contribution in [0.15, 0.2) is 36.4 Å². The molecule has 2 aliphatic rings. The SMILES string of the molecule is COc1ccc(CNC2CCN(C(=O)C3CC3)CC2)c2ccccc12. The number of carbonyl (C=O) groups is 1. The molecule has 0 spiro atoms. The fourth-order valence-corrected chi connectivity index (χ4v) is 3.81. The maximum absolute atomic E-state index is 12.1. The van der Waals surface area contributed by atoms with E-state index in [0.29, 0.717) is 17.9 Å². The summed E-state index contributed by atoms with van der Waals surface area (Å²) >= 11 is 0. The Kier molecular flexibility index (Phi) is 4.62. The van der Waals surface area contributed by atoms with Crippen molar-refractivity contribution in [3.05, 3.63) is 42.0 Å². The Morgan fingerprint density at radius 2 is 1.80 bits per heavy atom. The first-order valence-electron chi connectivity index (χ1n) is 9.33. The van der Waals surface area contributed by atoms with Crippen LogP contribution in [0.4, 0.5) is 0 Å². The van der Waals surface area contributed by atoms with Crippen LogP contribution in [0.25, 0.3) is 10.8 Å². The molecule has 1 aliphatic heterocycles. The fraction of sp³-hybridized carbons (Fsp3) is 0.476. The summed E-state index contributed by atoms with van der Waals surface area (Å²) < 4.78 is 5.48. The van der Waals surface area contributed by atoms with E-state index in [9.17, 15) is 4.79 Å². The molecule has 1 saturated carbocycles. The lowest BCUT2D eigenvalue weighted by Gasteiger charge is -2.32. The Balaban J connectivity index is 1.37. The molecular weight excluding hydrogens is 312 g/mol. The van der Waals surface area contributed by atoms with E-state index in [1.807, 2.05) is 0 Å². The van der Waals surface area contributed by atoms with Crippen molar-refractivity contribution in [2.24, 2.45) is 5.92 Å². The summed E-state index contributed by atoms with van der Waals surface area (Å²) in [6.45, 7) is 2.65. The van der Waals surface area contributed by atoms with Crippen LogP contribution in [0.3, 0.4) is 0 Å². The number of amides is 1. The summed E-state index contributed by atoms with van der Waals surface area (Å²) in [5.74, 6) is 1.65. The lowest BCUT2D eigenvalue weighted by atomic mass is 10.0. The minimum Gasteiger partial charge on any atom is -0.496 e. The Hall–Kier alpha value is -2.07. The van der Waals surface area contributed by atoms with Gasteiger partial charge in [0, 0.05) is 37.0 Å². The first-order valence-corrected chi connectivity index (χ1v) is 9.33. The van der Waals surface area contributed by atoms with E-state index >= 15 is 0 Å². The topological polar surface area (TPSA) is 41.6 Å². The van der Waals surface area contributed by atoms with Crippen molar-refractivity contribution in [3.63, 3.8) is 0 Å². The smallest absolute Gasteiger partial charge is 0.225 e. The molecule has 0 radical (unpaired) electrons. The highest BCUT2D eigenvalue weighted by atomic mass is 16.5. The maximum Gasteiger partial charge on any atom is 0.225 e. The number of rotatable bonds is 5. The van der Waals surface area contributed by atoms with Crippen molar-refractivity contribution in [1.29, 1.82) is 0 Å². The van der Waals surface area contributed by atoms with Gasteiger partial charge < -0.3 is 15.0 Å². The molecule has 2 fully saturated rings. The lowest BCUT2D eigenvalue weighted by molar-refractivity contribution is -0.133. The first kappa shape index (κ1) is 16.4. The number of piperidine rings is 1. The van der Waals surface area contributed by atoms with Gasteiger partial charge in [0.1, 0.15) is 5.75 Å². The minimum atomic E-state index is 0.343. The van der Waals surface area contributed by atoms with E-state index in [-0.39, 0.29) is 0 Å². The summed E-state index contributed by atoms with van der Waals surface area (Å²) in [6, 6.07) is 13.1. The van der Waals surface area contributed by atoms with Crippen LogP contribution in [0, 0.1) is 5.92 Å². The Morgan fingerprint density at radius 1 is 1.08 bits per heavy atom. The average molecular weight is 338 g/mol. The van der Waals surface area contributed by atoms with E-state index in [1.54, 1.807) is 7.11 Å². The zero-order chi connectivity index (χ0) is 17.2. The molecule has 4 heteroatoms. The van der Waals surface area contributed by atoms with Gasteiger partial charge in [-0.15, -0.1) is 0 Å². The summed E-state index contributed by atoms with van der Waals surface area (Å²) in [7, 11) is 1.72. The third-order valence-electron chi connectivity index (χ3n) is 5.51. The van der Waals surface area contributed by atoms with Crippen LogP contribution < -0.4 is 10.1 Å². The number of hydrogen-bond donors (Lipinski definition) is 1. The second-order valence-corrected chi connectivity index (χ2v) is 7.23. The van der Waals surface area contributed by atoms with Gasteiger partial charge in [-0.05, 0) is 42.7 Å².